The summed E-state index contributed by atoms with van der Waals surface area (Å²) in [7, 11) is 0. The third-order valence-corrected chi connectivity index (χ3v) is 6.60. The lowest BCUT2D eigenvalue weighted by Gasteiger charge is -2.21. The van der Waals surface area contributed by atoms with Gasteiger partial charge in [-0.15, -0.1) is 0 Å². The minimum atomic E-state index is -0.366. The molecule has 1 heterocycles. The van der Waals surface area contributed by atoms with Crippen molar-refractivity contribution in [3.8, 4) is 0 Å². The maximum absolute atomic E-state index is 13.3. The van der Waals surface area contributed by atoms with Gasteiger partial charge in [0.15, 0.2) is 0 Å². The van der Waals surface area contributed by atoms with Crippen LogP contribution in [-0.4, -0.2) is 15.9 Å². The molecule has 3 aromatic carbocycles. The molecule has 7 heteroatoms. The van der Waals surface area contributed by atoms with Gasteiger partial charge in [0.25, 0.3) is 5.56 Å². The summed E-state index contributed by atoms with van der Waals surface area (Å²) in [4.78, 5) is 20.2. The fourth-order valence-corrected chi connectivity index (χ4v) is 4.57. The number of hydrogen-bond acceptors (Lipinski definition) is 4. The van der Waals surface area contributed by atoms with Gasteiger partial charge < -0.3 is 0 Å². The molecule has 0 aliphatic carbocycles. The van der Waals surface area contributed by atoms with Crippen molar-refractivity contribution in [3.63, 3.8) is 0 Å². The van der Waals surface area contributed by atoms with Crippen LogP contribution in [0.2, 0.25) is 5.02 Å². The van der Waals surface area contributed by atoms with Gasteiger partial charge in [-0.3, -0.25) is 4.79 Å². The lowest BCUT2D eigenvalue weighted by atomic mass is 9.95. The molecule has 0 atom stereocenters. The second-order valence-corrected chi connectivity index (χ2v) is 10.8. The first-order valence-electron chi connectivity index (χ1n) is 10.0. The Hall–Kier alpha value is -2.41. The van der Waals surface area contributed by atoms with Crippen LogP contribution in [0.15, 0.2) is 90.9 Å². The van der Waals surface area contributed by atoms with E-state index < -0.39 is 0 Å². The Kier molecular flexibility index (Phi) is 6.56. The number of rotatable bonds is 4. The van der Waals surface area contributed by atoms with E-state index >= 15 is 0 Å². The Morgan fingerprint density at radius 3 is 2.50 bits per heavy atom. The normalized spacial score (nSPS) is 12.0. The molecule has 0 radical (unpaired) electrons. The van der Waals surface area contributed by atoms with E-state index in [4.69, 9.17) is 16.6 Å². The maximum atomic E-state index is 13.3. The highest BCUT2D eigenvalue weighted by molar-refractivity contribution is 9.10. The quantitative estimate of drug-likeness (QED) is 0.265. The molecule has 0 amide bonds. The van der Waals surface area contributed by atoms with Gasteiger partial charge in [0, 0.05) is 30.3 Å². The van der Waals surface area contributed by atoms with Crippen LogP contribution in [0, 0.1) is 0 Å². The SMILES string of the molecule is CC(C)(C)c1nc2ccc(Br)cc2c(=O)n1N=Cc1ccccc1Sc1ccc(Cl)cc1. The van der Waals surface area contributed by atoms with Gasteiger partial charge in [-0.2, -0.15) is 9.78 Å². The van der Waals surface area contributed by atoms with Gasteiger partial charge in [0.1, 0.15) is 5.82 Å². The average molecular weight is 527 g/mol. The molecule has 4 nitrogen and oxygen atoms in total. The summed E-state index contributed by atoms with van der Waals surface area (Å²) in [5, 5.41) is 5.83. The van der Waals surface area contributed by atoms with Gasteiger partial charge in [-0.1, -0.05) is 78.3 Å². The third-order valence-electron chi connectivity index (χ3n) is 4.75. The van der Waals surface area contributed by atoms with E-state index in [9.17, 15) is 4.79 Å². The molecule has 4 rings (SSSR count). The minimum Gasteiger partial charge on any atom is -0.267 e. The number of halogens is 2. The van der Waals surface area contributed by atoms with E-state index in [0.717, 1.165) is 19.8 Å². The average Bonchev–Trinajstić information content (AvgIpc) is 2.75. The van der Waals surface area contributed by atoms with Crippen LogP contribution in [0.5, 0.6) is 0 Å². The summed E-state index contributed by atoms with van der Waals surface area (Å²) in [6.07, 6.45) is 1.72. The number of aromatic nitrogens is 2. The first-order valence-corrected chi connectivity index (χ1v) is 12.0. The number of fused-ring (bicyclic) bond motifs is 1. The molecule has 0 spiro atoms. The van der Waals surface area contributed by atoms with Crippen LogP contribution in [0.3, 0.4) is 0 Å². The van der Waals surface area contributed by atoms with Gasteiger partial charge in [0.2, 0.25) is 0 Å². The summed E-state index contributed by atoms with van der Waals surface area (Å²) >= 11 is 11.1. The van der Waals surface area contributed by atoms with Crippen LogP contribution in [0.25, 0.3) is 10.9 Å². The molecular weight excluding hydrogens is 506 g/mol. The second kappa shape index (κ2) is 9.22. The molecule has 0 bridgehead atoms. The van der Waals surface area contributed by atoms with Crippen molar-refractivity contribution < 1.29 is 0 Å². The molecular formula is C25H21BrClN3OS. The van der Waals surface area contributed by atoms with Gasteiger partial charge in [-0.05, 0) is 48.5 Å². The van der Waals surface area contributed by atoms with E-state index in [2.05, 4.69) is 21.0 Å². The van der Waals surface area contributed by atoms with Gasteiger partial charge in [0.05, 0.1) is 17.1 Å². The van der Waals surface area contributed by atoms with Crippen LogP contribution >= 0.6 is 39.3 Å². The molecule has 0 aliphatic rings. The summed E-state index contributed by atoms with van der Waals surface area (Å²) in [5.41, 5.74) is 1.01. The highest BCUT2D eigenvalue weighted by Crippen LogP contribution is 2.30. The van der Waals surface area contributed by atoms with Crippen molar-refractivity contribution in [1.82, 2.24) is 9.66 Å². The summed E-state index contributed by atoms with van der Waals surface area (Å²) in [6.45, 7) is 6.07. The van der Waals surface area contributed by atoms with Gasteiger partial charge >= 0.3 is 0 Å². The Labute approximate surface area is 204 Å². The minimum absolute atomic E-state index is 0.194. The molecule has 0 N–H and O–H groups in total. The van der Waals surface area contributed by atoms with E-state index in [1.165, 1.54) is 4.68 Å². The highest BCUT2D eigenvalue weighted by atomic mass is 79.9. The summed E-state index contributed by atoms with van der Waals surface area (Å²) in [6, 6.07) is 21.2. The molecule has 0 aliphatic heterocycles. The van der Waals surface area contributed by atoms with Crippen molar-refractivity contribution in [3.05, 3.63) is 98.0 Å². The Bertz CT molecular complexity index is 1380. The van der Waals surface area contributed by atoms with Crippen LogP contribution in [-0.2, 0) is 5.41 Å². The topological polar surface area (TPSA) is 47.2 Å². The Balaban J connectivity index is 1.80. The van der Waals surface area contributed by atoms with E-state index in [1.807, 2.05) is 81.4 Å². The third kappa shape index (κ3) is 4.98. The standard InChI is InChI=1S/C25H21BrClN3OS/c1-25(2,3)24-29-21-13-8-17(26)14-20(21)23(31)30(24)28-15-16-6-4-5-7-22(16)32-19-11-9-18(27)10-12-19/h4-15H,1-3H3. The van der Waals surface area contributed by atoms with Crippen molar-refractivity contribution in [2.45, 2.75) is 36.0 Å². The number of hydrogen-bond donors (Lipinski definition) is 0. The Morgan fingerprint density at radius 2 is 1.78 bits per heavy atom. The first kappa shape index (κ1) is 22.8. The highest BCUT2D eigenvalue weighted by Gasteiger charge is 2.23. The van der Waals surface area contributed by atoms with Crippen LogP contribution in [0.4, 0.5) is 0 Å². The molecule has 32 heavy (non-hydrogen) atoms. The molecule has 4 aromatic rings. The lowest BCUT2D eigenvalue weighted by molar-refractivity contribution is 0.506. The van der Waals surface area contributed by atoms with Crippen molar-refractivity contribution in [2.75, 3.05) is 0 Å². The number of benzene rings is 3. The smallest absolute Gasteiger partial charge is 0.267 e. The second-order valence-electron chi connectivity index (χ2n) is 8.30. The molecule has 0 saturated heterocycles. The van der Waals surface area contributed by atoms with Crippen molar-refractivity contribution in [2.24, 2.45) is 5.10 Å². The summed E-state index contributed by atoms with van der Waals surface area (Å²) < 4.78 is 2.24. The largest absolute Gasteiger partial charge is 0.282 e. The summed E-state index contributed by atoms with van der Waals surface area (Å²) in [5.74, 6) is 0.608. The number of nitrogens with zero attached hydrogens (tertiary/aromatic N) is 3. The molecule has 0 fully saturated rings. The van der Waals surface area contributed by atoms with Gasteiger partial charge in [-0.25, -0.2) is 4.98 Å². The lowest BCUT2D eigenvalue weighted by Crippen LogP contribution is -2.29. The van der Waals surface area contributed by atoms with E-state index in [1.54, 1.807) is 24.0 Å². The zero-order valence-electron chi connectivity index (χ0n) is 17.8. The predicted octanol–water partition coefficient (Wildman–Crippen LogP) is 7.14. The van der Waals surface area contributed by atoms with Crippen LogP contribution < -0.4 is 5.56 Å². The monoisotopic (exact) mass is 525 g/mol. The Morgan fingerprint density at radius 1 is 1.06 bits per heavy atom. The van der Waals surface area contributed by atoms with E-state index in [0.29, 0.717) is 21.7 Å². The first-order chi connectivity index (χ1) is 15.2. The zero-order valence-corrected chi connectivity index (χ0v) is 21.0. The van der Waals surface area contributed by atoms with E-state index in [-0.39, 0.29) is 11.0 Å². The zero-order chi connectivity index (χ0) is 22.9. The molecule has 0 saturated carbocycles. The van der Waals surface area contributed by atoms with Crippen molar-refractivity contribution in [1.29, 1.82) is 0 Å². The molecule has 0 unspecified atom stereocenters. The molecule has 162 valence electrons. The predicted molar refractivity (Wildman–Crippen MR) is 137 cm³/mol. The van der Waals surface area contributed by atoms with Crippen molar-refractivity contribution >= 4 is 56.4 Å². The fourth-order valence-electron chi connectivity index (χ4n) is 3.17. The van der Waals surface area contributed by atoms with Crippen LogP contribution in [0.1, 0.15) is 32.2 Å². The molecule has 1 aromatic heterocycles. The fraction of sp³-hybridized carbons (Fsp3) is 0.160. The maximum Gasteiger partial charge on any atom is 0.282 e.